The van der Waals surface area contributed by atoms with Crippen molar-refractivity contribution in [3.8, 4) is 0 Å². The van der Waals surface area contributed by atoms with E-state index in [1.165, 1.54) is 0 Å². The van der Waals surface area contributed by atoms with E-state index in [1.807, 2.05) is 0 Å². The van der Waals surface area contributed by atoms with Gasteiger partial charge in [0.25, 0.3) is 0 Å². The molecule has 3 heterocycles. The van der Waals surface area contributed by atoms with Crippen LogP contribution in [0.25, 0.3) is 0 Å². The van der Waals surface area contributed by atoms with Crippen LogP contribution in [0.3, 0.4) is 0 Å². The highest BCUT2D eigenvalue weighted by Gasteiger charge is 2.51. The second kappa shape index (κ2) is 11.6. The highest BCUT2D eigenvalue weighted by Crippen LogP contribution is 2.29. The maximum atomic E-state index is 10.2. The molecule has 0 aromatic heterocycles. The van der Waals surface area contributed by atoms with Gasteiger partial charge in [0.15, 0.2) is 18.9 Å². The Morgan fingerprint density at radius 1 is 0.500 bits per heavy atom. The molecule has 200 valence electrons. The van der Waals surface area contributed by atoms with Crippen molar-refractivity contribution in [2.75, 3.05) is 19.8 Å². The summed E-state index contributed by atoms with van der Waals surface area (Å²) >= 11 is 0. The van der Waals surface area contributed by atoms with E-state index < -0.39 is 112 Å². The molecule has 16 nitrogen and oxygen atoms in total. The lowest BCUT2D eigenvalue weighted by Gasteiger charge is -2.45. The normalized spacial score (nSPS) is 52.5. The highest BCUT2D eigenvalue weighted by atomic mass is 16.7. The first kappa shape index (κ1) is 27.9. The summed E-state index contributed by atoms with van der Waals surface area (Å²) in [6.07, 6.45) is -25.0. The highest BCUT2D eigenvalue weighted by molar-refractivity contribution is 4.94. The van der Waals surface area contributed by atoms with E-state index in [1.54, 1.807) is 0 Å². The maximum Gasteiger partial charge on any atom is 0.187 e. The molecule has 34 heavy (non-hydrogen) atoms. The van der Waals surface area contributed by atoms with Crippen LogP contribution >= 0.6 is 0 Å². The van der Waals surface area contributed by atoms with Crippen LogP contribution in [0.2, 0.25) is 0 Å². The maximum absolute atomic E-state index is 10.2. The molecule has 0 bridgehead atoms. The van der Waals surface area contributed by atoms with Crippen molar-refractivity contribution < 1.29 is 79.9 Å². The molecule has 0 amide bonds. The number of aliphatic hydroxyl groups excluding tert-OH is 11. The summed E-state index contributed by atoms with van der Waals surface area (Å²) in [6.45, 7) is -2.03. The quantitative estimate of drug-likeness (QED) is 0.154. The zero-order chi connectivity index (χ0) is 25.3. The smallest absolute Gasteiger partial charge is 0.187 e. The van der Waals surface area contributed by atoms with Gasteiger partial charge in [0.05, 0.1) is 19.8 Å². The molecule has 15 atom stereocenters. The summed E-state index contributed by atoms with van der Waals surface area (Å²) in [6, 6.07) is 0. The largest absolute Gasteiger partial charge is 0.394 e. The fraction of sp³-hybridized carbons (Fsp3) is 1.00. The summed E-state index contributed by atoms with van der Waals surface area (Å²) in [5.74, 6) is 0. The van der Waals surface area contributed by atoms with Crippen molar-refractivity contribution in [1.29, 1.82) is 0 Å². The van der Waals surface area contributed by atoms with E-state index in [4.69, 9.17) is 28.8 Å². The molecule has 0 saturated carbocycles. The Morgan fingerprint density at radius 2 is 0.971 bits per heavy atom. The first-order valence-corrected chi connectivity index (χ1v) is 10.6. The van der Waals surface area contributed by atoms with Crippen molar-refractivity contribution in [3.05, 3.63) is 0 Å². The van der Waals surface area contributed by atoms with E-state index in [-0.39, 0.29) is 0 Å². The van der Waals surface area contributed by atoms with Crippen LogP contribution in [0.15, 0.2) is 0 Å². The average Bonchev–Trinajstić information content (AvgIpc) is 2.82. The van der Waals surface area contributed by atoms with Crippen LogP contribution in [0.4, 0.5) is 0 Å². The summed E-state index contributed by atoms with van der Waals surface area (Å²) in [4.78, 5) is 0. The molecule has 16 heteroatoms. The molecule has 0 spiro atoms. The van der Waals surface area contributed by atoms with Crippen LogP contribution in [-0.4, -0.2) is 168 Å². The van der Waals surface area contributed by atoms with Gasteiger partial charge in [0.1, 0.15) is 73.2 Å². The van der Waals surface area contributed by atoms with E-state index >= 15 is 0 Å². The zero-order valence-electron chi connectivity index (χ0n) is 17.7. The monoisotopic (exact) mass is 504 g/mol. The third-order valence-corrected chi connectivity index (χ3v) is 6.08. The Morgan fingerprint density at radius 3 is 1.56 bits per heavy atom. The number of hydrogen-bond acceptors (Lipinski definition) is 16. The third kappa shape index (κ3) is 5.52. The van der Waals surface area contributed by atoms with Gasteiger partial charge in [-0.05, 0) is 0 Å². The lowest BCUT2D eigenvalue weighted by atomic mass is 9.97. The van der Waals surface area contributed by atoms with Gasteiger partial charge >= 0.3 is 0 Å². The summed E-state index contributed by atoms with van der Waals surface area (Å²) < 4.78 is 26.1. The summed E-state index contributed by atoms with van der Waals surface area (Å²) in [5.41, 5.74) is 0. The van der Waals surface area contributed by atoms with Crippen molar-refractivity contribution in [2.45, 2.75) is 92.1 Å². The van der Waals surface area contributed by atoms with Crippen LogP contribution in [0.1, 0.15) is 0 Å². The lowest BCUT2D eigenvalue weighted by molar-refractivity contribution is -0.367. The van der Waals surface area contributed by atoms with Gasteiger partial charge in [-0.25, -0.2) is 0 Å². The second-order valence-corrected chi connectivity index (χ2v) is 8.37. The van der Waals surface area contributed by atoms with E-state index in [0.29, 0.717) is 0 Å². The number of ether oxygens (including phenoxy) is 5. The molecule has 3 aliphatic heterocycles. The lowest BCUT2D eigenvalue weighted by Crippen LogP contribution is -2.64. The third-order valence-electron chi connectivity index (χ3n) is 6.08. The van der Waals surface area contributed by atoms with Crippen molar-refractivity contribution in [2.24, 2.45) is 0 Å². The Kier molecular flexibility index (Phi) is 9.54. The topological polar surface area (TPSA) is 269 Å². The molecule has 3 fully saturated rings. The molecule has 0 aromatic rings. The van der Waals surface area contributed by atoms with Gasteiger partial charge in [-0.2, -0.15) is 0 Å². The van der Waals surface area contributed by atoms with Crippen LogP contribution < -0.4 is 0 Å². The van der Waals surface area contributed by atoms with Crippen molar-refractivity contribution >= 4 is 0 Å². The average molecular weight is 504 g/mol. The van der Waals surface area contributed by atoms with Gasteiger partial charge in [0, 0.05) is 0 Å². The molecular formula is C18H32O16. The molecule has 0 radical (unpaired) electrons. The van der Waals surface area contributed by atoms with E-state index in [2.05, 4.69) is 0 Å². The minimum absolute atomic E-state index is 0.616. The Balaban J connectivity index is 1.64. The number of hydrogen-bond donors (Lipinski definition) is 11. The number of aliphatic hydroxyl groups is 11. The van der Waals surface area contributed by atoms with Gasteiger partial charge in [-0.15, -0.1) is 0 Å². The summed E-state index contributed by atoms with van der Waals surface area (Å²) in [5, 5.41) is 109. The molecule has 0 aromatic carbocycles. The molecule has 3 rings (SSSR count). The standard InChI is InChI=1S/C18H32O16/c19-1-4-8(22)12(26)15(16(29)31-4)34-18-14(28)11(25)9(23)6(33-18)3-30-17-13(27)10(24)7(21)5(2-20)32-17/h4-29H,1-3H2/t4-,5-,6-,7-,8-,9-,10+,11+,12+,13-,14+,15-,16?,17-,18-/m1/s1. The fourth-order valence-electron chi connectivity index (χ4n) is 3.94. The van der Waals surface area contributed by atoms with Crippen molar-refractivity contribution in [1.82, 2.24) is 0 Å². The first-order valence-electron chi connectivity index (χ1n) is 10.6. The SMILES string of the molecule is OC[C@H]1O[C@@H](OC[C@H]2O[C@H](O[C@H]3C(O)O[C@H](CO)[C@@H](O)[C@@H]3O)[C@@H](O)[C@@H](O)[C@@H]2O)[C@H](O)[C@@H](O)[C@@H]1O. The fourth-order valence-corrected chi connectivity index (χ4v) is 3.94. The predicted molar refractivity (Wildman–Crippen MR) is 101 cm³/mol. The predicted octanol–water partition coefficient (Wildman–Crippen LogP) is -7.57. The van der Waals surface area contributed by atoms with Crippen LogP contribution in [-0.2, 0) is 23.7 Å². The van der Waals surface area contributed by atoms with Gasteiger partial charge in [-0.3, -0.25) is 0 Å². The summed E-state index contributed by atoms with van der Waals surface area (Å²) in [7, 11) is 0. The molecule has 11 N–H and O–H groups in total. The van der Waals surface area contributed by atoms with Crippen LogP contribution in [0.5, 0.6) is 0 Å². The molecule has 1 unspecified atom stereocenters. The Labute approximate surface area is 192 Å². The van der Waals surface area contributed by atoms with Gasteiger partial charge < -0.3 is 79.9 Å². The first-order chi connectivity index (χ1) is 16.0. The molecule has 3 aliphatic rings. The minimum atomic E-state index is -1.88. The minimum Gasteiger partial charge on any atom is -0.394 e. The Bertz CT molecular complexity index is 639. The van der Waals surface area contributed by atoms with Crippen LogP contribution in [0, 0.1) is 0 Å². The molecular weight excluding hydrogens is 472 g/mol. The molecule has 3 saturated heterocycles. The van der Waals surface area contributed by atoms with Crippen molar-refractivity contribution in [3.63, 3.8) is 0 Å². The van der Waals surface area contributed by atoms with Gasteiger partial charge in [-0.1, -0.05) is 0 Å². The second-order valence-electron chi connectivity index (χ2n) is 8.37. The van der Waals surface area contributed by atoms with E-state index in [9.17, 15) is 51.1 Å². The zero-order valence-corrected chi connectivity index (χ0v) is 17.7. The molecule has 0 aliphatic carbocycles. The number of rotatable bonds is 7. The van der Waals surface area contributed by atoms with Gasteiger partial charge in [0.2, 0.25) is 0 Å². The van der Waals surface area contributed by atoms with E-state index in [0.717, 1.165) is 0 Å². The Hall–Kier alpha value is -0.640.